The Morgan fingerprint density at radius 2 is 1.96 bits per heavy atom. The molecule has 3 aromatic heterocycles. The van der Waals surface area contributed by atoms with Crippen molar-refractivity contribution >= 4 is 22.5 Å². The Hall–Kier alpha value is -3.55. The van der Waals surface area contributed by atoms with Gasteiger partial charge in [-0.15, -0.1) is 5.10 Å². The van der Waals surface area contributed by atoms with Crippen LogP contribution in [0.5, 0.6) is 0 Å². The van der Waals surface area contributed by atoms with Crippen molar-refractivity contribution in [2.24, 2.45) is 0 Å². The lowest BCUT2D eigenvalue weighted by Gasteiger charge is -2.06. The number of imidazole rings is 1. The van der Waals surface area contributed by atoms with E-state index in [9.17, 15) is 9.59 Å². The molecular weight excluding hydrogens is 344 g/mol. The van der Waals surface area contributed by atoms with Gasteiger partial charge < -0.3 is 9.72 Å². The summed E-state index contributed by atoms with van der Waals surface area (Å²) in [6.07, 6.45) is 4.69. The number of rotatable bonds is 6. The maximum absolute atomic E-state index is 12.3. The van der Waals surface area contributed by atoms with E-state index < -0.39 is 0 Å². The standard InChI is InChI=1S/C19H18N6O2/c26-18(20-10-8-14-13-24-11-4-3-7-17(24)21-14)9-12-25-19(27)15-5-1-2-6-16(15)22-23-25/h1-7,11,13H,8-10,12H2,(H,20,26). The maximum atomic E-state index is 12.3. The normalized spacial score (nSPS) is 11.1. The summed E-state index contributed by atoms with van der Waals surface area (Å²) in [5.74, 6) is -0.138. The second kappa shape index (κ2) is 7.36. The third-order valence-corrected chi connectivity index (χ3v) is 4.30. The van der Waals surface area contributed by atoms with Crippen LogP contribution < -0.4 is 10.9 Å². The number of hydrogen-bond donors (Lipinski definition) is 1. The predicted octanol–water partition coefficient (Wildman–Crippen LogP) is 1.19. The van der Waals surface area contributed by atoms with Gasteiger partial charge >= 0.3 is 0 Å². The van der Waals surface area contributed by atoms with E-state index in [1.165, 1.54) is 4.68 Å². The highest BCUT2D eigenvalue weighted by Crippen LogP contribution is 2.05. The van der Waals surface area contributed by atoms with E-state index in [0.717, 1.165) is 11.3 Å². The van der Waals surface area contributed by atoms with Crippen molar-refractivity contribution < 1.29 is 4.79 Å². The van der Waals surface area contributed by atoms with Gasteiger partial charge in [0.05, 0.1) is 17.6 Å². The van der Waals surface area contributed by atoms with Crippen LogP contribution in [0.3, 0.4) is 0 Å². The first-order valence-corrected chi connectivity index (χ1v) is 8.72. The highest BCUT2D eigenvalue weighted by molar-refractivity contribution is 5.77. The number of carbonyl (C=O) groups excluding carboxylic acids is 1. The molecule has 0 saturated carbocycles. The first-order chi connectivity index (χ1) is 13.2. The summed E-state index contributed by atoms with van der Waals surface area (Å²) in [4.78, 5) is 28.9. The van der Waals surface area contributed by atoms with Crippen molar-refractivity contribution in [1.82, 2.24) is 29.7 Å². The van der Waals surface area contributed by atoms with Crippen molar-refractivity contribution in [2.75, 3.05) is 6.54 Å². The summed E-state index contributed by atoms with van der Waals surface area (Å²) in [6.45, 7) is 0.678. The maximum Gasteiger partial charge on any atom is 0.277 e. The Labute approximate surface area is 154 Å². The molecule has 0 aliphatic rings. The summed E-state index contributed by atoms with van der Waals surface area (Å²) in [7, 11) is 0. The molecule has 1 N–H and O–H groups in total. The van der Waals surface area contributed by atoms with Crippen molar-refractivity contribution in [3.63, 3.8) is 0 Å². The second-order valence-corrected chi connectivity index (χ2v) is 6.18. The number of hydrogen-bond acceptors (Lipinski definition) is 5. The minimum atomic E-state index is -0.238. The quantitative estimate of drug-likeness (QED) is 0.556. The minimum absolute atomic E-state index is 0.138. The molecule has 0 bridgehead atoms. The van der Waals surface area contributed by atoms with Crippen LogP contribution in [0.4, 0.5) is 0 Å². The topological polar surface area (TPSA) is 94.2 Å². The third-order valence-electron chi connectivity index (χ3n) is 4.30. The molecule has 1 aromatic carbocycles. The Balaban J connectivity index is 1.31. The molecule has 0 saturated heterocycles. The molecule has 8 heteroatoms. The van der Waals surface area contributed by atoms with Crippen molar-refractivity contribution in [2.45, 2.75) is 19.4 Å². The number of aromatic nitrogens is 5. The number of benzene rings is 1. The zero-order valence-corrected chi connectivity index (χ0v) is 14.6. The predicted molar refractivity (Wildman–Crippen MR) is 100 cm³/mol. The van der Waals surface area contributed by atoms with Gasteiger partial charge in [0, 0.05) is 31.8 Å². The van der Waals surface area contributed by atoms with Crippen molar-refractivity contribution in [3.8, 4) is 0 Å². The molecular formula is C19H18N6O2. The van der Waals surface area contributed by atoms with Gasteiger partial charge in [-0.05, 0) is 24.3 Å². The molecule has 136 valence electrons. The van der Waals surface area contributed by atoms with Gasteiger partial charge in [-0.25, -0.2) is 9.67 Å². The molecule has 0 atom stereocenters. The lowest BCUT2D eigenvalue weighted by atomic mass is 10.2. The van der Waals surface area contributed by atoms with Crippen LogP contribution in [0.1, 0.15) is 12.1 Å². The van der Waals surface area contributed by atoms with Crippen LogP contribution in [0, 0.1) is 0 Å². The molecule has 0 fully saturated rings. The number of carbonyl (C=O) groups is 1. The molecule has 8 nitrogen and oxygen atoms in total. The van der Waals surface area contributed by atoms with Crippen LogP contribution in [0.25, 0.3) is 16.6 Å². The van der Waals surface area contributed by atoms with Gasteiger partial charge in [-0.1, -0.05) is 23.4 Å². The van der Waals surface area contributed by atoms with Crippen LogP contribution in [0.2, 0.25) is 0 Å². The summed E-state index contributed by atoms with van der Waals surface area (Å²) in [5.41, 5.74) is 2.11. The van der Waals surface area contributed by atoms with E-state index in [4.69, 9.17) is 0 Å². The monoisotopic (exact) mass is 362 g/mol. The van der Waals surface area contributed by atoms with Gasteiger partial charge in [0.1, 0.15) is 11.2 Å². The van der Waals surface area contributed by atoms with E-state index in [-0.39, 0.29) is 24.4 Å². The Kier molecular flexibility index (Phi) is 4.61. The van der Waals surface area contributed by atoms with Crippen LogP contribution in [0.15, 0.2) is 59.7 Å². The fourth-order valence-electron chi connectivity index (χ4n) is 2.90. The average molecular weight is 362 g/mol. The highest BCUT2D eigenvalue weighted by Gasteiger charge is 2.08. The van der Waals surface area contributed by atoms with Gasteiger partial charge in [-0.3, -0.25) is 9.59 Å². The highest BCUT2D eigenvalue weighted by atomic mass is 16.2. The first kappa shape index (κ1) is 16.9. The van der Waals surface area contributed by atoms with E-state index >= 15 is 0 Å². The minimum Gasteiger partial charge on any atom is -0.356 e. The summed E-state index contributed by atoms with van der Waals surface area (Å²) < 4.78 is 3.17. The SMILES string of the molecule is O=C(CCn1nnc2ccccc2c1=O)NCCc1cn2ccccc2n1. The molecule has 1 amide bonds. The molecule has 0 unspecified atom stereocenters. The number of pyridine rings is 1. The fourth-order valence-corrected chi connectivity index (χ4v) is 2.90. The van der Waals surface area contributed by atoms with Crippen LogP contribution >= 0.6 is 0 Å². The van der Waals surface area contributed by atoms with Gasteiger partial charge in [0.25, 0.3) is 5.56 Å². The Morgan fingerprint density at radius 3 is 2.85 bits per heavy atom. The van der Waals surface area contributed by atoms with E-state index in [0.29, 0.717) is 23.9 Å². The zero-order chi connectivity index (χ0) is 18.6. The lowest BCUT2D eigenvalue weighted by molar-refractivity contribution is -0.121. The smallest absolute Gasteiger partial charge is 0.277 e. The lowest BCUT2D eigenvalue weighted by Crippen LogP contribution is -2.30. The third kappa shape index (κ3) is 3.69. The molecule has 3 heterocycles. The number of nitrogens with zero attached hydrogens (tertiary/aromatic N) is 5. The molecule has 4 rings (SSSR count). The van der Waals surface area contributed by atoms with Crippen LogP contribution in [-0.4, -0.2) is 36.8 Å². The summed E-state index contributed by atoms with van der Waals surface area (Å²) >= 11 is 0. The number of amides is 1. The molecule has 0 radical (unpaired) electrons. The van der Waals surface area contributed by atoms with Gasteiger partial charge in [-0.2, -0.15) is 0 Å². The van der Waals surface area contributed by atoms with Crippen molar-refractivity contribution in [3.05, 3.63) is 70.9 Å². The molecule has 27 heavy (non-hydrogen) atoms. The molecule has 0 spiro atoms. The number of fused-ring (bicyclic) bond motifs is 2. The first-order valence-electron chi connectivity index (χ1n) is 8.72. The van der Waals surface area contributed by atoms with E-state index in [2.05, 4.69) is 20.6 Å². The Morgan fingerprint density at radius 1 is 1.11 bits per heavy atom. The summed E-state index contributed by atoms with van der Waals surface area (Å²) in [5, 5.41) is 11.3. The molecule has 0 aliphatic heterocycles. The number of aryl methyl sites for hydroxylation is 1. The van der Waals surface area contributed by atoms with Crippen molar-refractivity contribution in [1.29, 1.82) is 0 Å². The molecule has 4 aromatic rings. The van der Waals surface area contributed by atoms with Crippen LogP contribution in [-0.2, 0) is 17.8 Å². The van der Waals surface area contributed by atoms with Gasteiger partial charge in [0.15, 0.2) is 0 Å². The fraction of sp³-hybridized carbons (Fsp3) is 0.211. The largest absolute Gasteiger partial charge is 0.356 e. The second-order valence-electron chi connectivity index (χ2n) is 6.18. The summed E-state index contributed by atoms with van der Waals surface area (Å²) in [6, 6.07) is 12.8. The molecule has 0 aliphatic carbocycles. The Bertz CT molecular complexity index is 1130. The van der Waals surface area contributed by atoms with Gasteiger partial charge in [0.2, 0.25) is 5.91 Å². The zero-order valence-electron chi connectivity index (χ0n) is 14.6. The number of nitrogens with one attached hydrogen (secondary N) is 1. The van der Waals surface area contributed by atoms with E-state index in [1.54, 1.807) is 24.3 Å². The van der Waals surface area contributed by atoms with E-state index in [1.807, 2.05) is 35.0 Å². The average Bonchev–Trinajstić information content (AvgIpc) is 3.10.